The lowest BCUT2D eigenvalue weighted by Gasteiger charge is -2.41. The van der Waals surface area contributed by atoms with Crippen LogP contribution >= 0.6 is 7.82 Å². The first-order chi connectivity index (χ1) is 35.4. The van der Waals surface area contributed by atoms with Gasteiger partial charge in [0, 0.05) is 12.8 Å². The maximum absolute atomic E-state index is 12.9. The van der Waals surface area contributed by atoms with Crippen molar-refractivity contribution in [3.8, 4) is 0 Å². The van der Waals surface area contributed by atoms with Crippen LogP contribution in [0.3, 0.4) is 0 Å². The van der Waals surface area contributed by atoms with Crippen LogP contribution in [0, 0.1) is 0 Å². The van der Waals surface area contributed by atoms with E-state index in [0.29, 0.717) is 12.8 Å². The Labute approximate surface area is 444 Å². The van der Waals surface area contributed by atoms with Crippen LogP contribution in [0.25, 0.3) is 0 Å². The number of rotatable bonds is 51. The van der Waals surface area contributed by atoms with Gasteiger partial charge in [0.1, 0.15) is 43.2 Å². The summed E-state index contributed by atoms with van der Waals surface area (Å²) in [6, 6.07) is 0. The van der Waals surface area contributed by atoms with Crippen molar-refractivity contribution < 1.29 is 63.1 Å². The van der Waals surface area contributed by atoms with Gasteiger partial charge in [-0.15, -0.1) is 0 Å². The van der Waals surface area contributed by atoms with Crippen molar-refractivity contribution in [2.24, 2.45) is 0 Å². The van der Waals surface area contributed by atoms with Crippen molar-refractivity contribution >= 4 is 19.8 Å². The van der Waals surface area contributed by atoms with Crippen LogP contribution in [-0.4, -0.2) is 98.3 Å². The molecule has 0 aromatic rings. The van der Waals surface area contributed by atoms with Crippen LogP contribution in [0.15, 0.2) is 36.5 Å². The smallest absolute Gasteiger partial charge is 0.462 e. The van der Waals surface area contributed by atoms with Gasteiger partial charge in [0.25, 0.3) is 0 Å². The summed E-state index contributed by atoms with van der Waals surface area (Å²) in [5, 5.41) is 50.4. The number of phosphoric acid groups is 1. The summed E-state index contributed by atoms with van der Waals surface area (Å²) in [4.78, 5) is 36.0. The fourth-order valence-corrected chi connectivity index (χ4v) is 10.2. The lowest BCUT2D eigenvalue weighted by molar-refractivity contribution is -0.220. The van der Waals surface area contributed by atoms with Crippen LogP contribution in [0.4, 0.5) is 0 Å². The Morgan fingerprint density at radius 2 is 0.740 bits per heavy atom. The molecule has 6 atom stereocenters. The van der Waals surface area contributed by atoms with Gasteiger partial charge in [-0.25, -0.2) is 4.57 Å². The topological polar surface area (TPSA) is 210 Å². The molecule has 6 N–H and O–H groups in total. The fourth-order valence-electron chi connectivity index (χ4n) is 9.20. The normalized spacial score (nSPS) is 20.6. The molecule has 0 aliphatic heterocycles. The van der Waals surface area contributed by atoms with E-state index in [9.17, 15) is 44.6 Å². The number of unbranched alkanes of at least 4 members (excludes halogenated alkanes) is 33. The second kappa shape index (κ2) is 48.4. The van der Waals surface area contributed by atoms with E-state index >= 15 is 0 Å². The van der Waals surface area contributed by atoms with Crippen molar-refractivity contribution in [3.63, 3.8) is 0 Å². The Hall–Kier alpha value is -1.93. The lowest BCUT2D eigenvalue weighted by atomic mass is 9.85. The number of carbonyl (C=O) groups is 2. The van der Waals surface area contributed by atoms with Gasteiger partial charge < -0.3 is 39.9 Å². The summed E-state index contributed by atoms with van der Waals surface area (Å²) >= 11 is 0. The first-order valence-corrected chi connectivity index (χ1v) is 31.3. The van der Waals surface area contributed by atoms with Crippen LogP contribution in [0.2, 0.25) is 0 Å². The highest BCUT2D eigenvalue weighted by Crippen LogP contribution is 2.47. The minimum atomic E-state index is -5.13. The average Bonchev–Trinajstić information content (AvgIpc) is 3.37. The monoisotopic (exact) mass is 1060 g/mol. The zero-order chi connectivity index (χ0) is 53.5. The van der Waals surface area contributed by atoms with Crippen molar-refractivity contribution in [1.82, 2.24) is 0 Å². The highest BCUT2D eigenvalue weighted by molar-refractivity contribution is 7.47. The summed E-state index contributed by atoms with van der Waals surface area (Å²) in [5.41, 5.74) is 0. The van der Waals surface area contributed by atoms with Crippen LogP contribution in [-0.2, 0) is 32.7 Å². The molecule has 0 spiro atoms. The third kappa shape index (κ3) is 40.0. The second-order valence-corrected chi connectivity index (χ2v) is 22.3. The van der Waals surface area contributed by atoms with Gasteiger partial charge >= 0.3 is 19.8 Å². The van der Waals surface area contributed by atoms with Gasteiger partial charge in [0.05, 0.1) is 6.61 Å². The molecule has 0 saturated heterocycles. The third-order valence-corrected chi connectivity index (χ3v) is 14.9. The van der Waals surface area contributed by atoms with Crippen molar-refractivity contribution in [1.29, 1.82) is 0 Å². The largest absolute Gasteiger partial charge is 0.472 e. The van der Waals surface area contributed by atoms with E-state index in [4.69, 9.17) is 18.5 Å². The molecule has 0 aromatic carbocycles. The zero-order valence-corrected chi connectivity index (χ0v) is 47.1. The van der Waals surface area contributed by atoms with E-state index < -0.39 is 75.7 Å². The summed E-state index contributed by atoms with van der Waals surface area (Å²) < 4.78 is 33.8. The minimum Gasteiger partial charge on any atom is -0.462 e. The number of allylic oxidation sites excluding steroid dienone is 6. The minimum absolute atomic E-state index is 0.0954. The number of aliphatic hydroxyl groups is 5. The van der Waals surface area contributed by atoms with Gasteiger partial charge in [0.2, 0.25) is 0 Å². The van der Waals surface area contributed by atoms with Gasteiger partial charge in [-0.1, -0.05) is 224 Å². The Morgan fingerprint density at radius 3 is 1.12 bits per heavy atom. The van der Waals surface area contributed by atoms with E-state index in [1.807, 2.05) is 0 Å². The molecule has 1 aliphatic carbocycles. The predicted molar refractivity (Wildman–Crippen MR) is 295 cm³/mol. The first-order valence-electron chi connectivity index (χ1n) is 29.8. The number of esters is 2. The van der Waals surface area contributed by atoms with E-state index in [1.54, 1.807) is 0 Å². The molecule has 73 heavy (non-hydrogen) atoms. The molecule has 1 fully saturated rings. The third-order valence-electron chi connectivity index (χ3n) is 14.0. The molecule has 6 unspecified atom stereocenters. The van der Waals surface area contributed by atoms with Gasteiger partial charge in [-0.2, -0.15) is 0 Å². The molecule has 13 nitrogen and oxygen atoms in total. The summed E-state index contributed by atoms with van der Waals surface area (Å²) in [5.74, 6) is -1.09. The van der Waals surface area contributed by atoms with Crippen molar-refractivity contribution in [2.75, 3.05) is 13.2 Å². The Balaban J connectivity index is 2.32. The molecule has 14 heteroatoms. The zero-order valence-electron chi connectivity index (χ0n) is 46.2. The summed E-state index contributed by atoms with van der Waals surface area (Å²) in [6.45, 7) is 3.34. The number of aliphatic hydroxyl groups excluding tert-OH is 5. The number of phosphoric ester groups is 1. The van der Waals surface area contributed by atoms with Gasteiger partial charge in [-0.3, -0.25) is 18.6 Å². The number of hydrogen-bond acceptors (Lipinski definition) is 12. The van der Waals surface area contributed by atoms with E-state index in [0.717, 1.165) is 64.2 Å². The first kappa shape index (κ1) is 69.1. The summed E-state index contributed by atoms with van der Waals surface area (Å²) in [6.07, 6.45) is 46.1. The van der Waals surface area contributed by atoms with Crippen molar-refractivity contribution in [3.05, 3.63) is 36.5 Å². The van der Waals surface area contributed by atoms with Crippen LogP contribution in [0.1, 0.15) is 271 Å². The predicted octanol–water partition coefficient (Wildman–Crippen LogP) is 14.1. The number of carbonyl (C=O) groups excluding carboxylic acids is 2. The number of ether oxygens (including phenoxy) is 2. The number of hydrogen-bond donors (Lipinski definition) is 6. The molecule has 1 saturated carbocycles. The van der Waals surface area contributed by atoms with E-state index in [2.05, 4.69) is 50.3 Å². The Morgan fingerprint density at radius 1 is 0.425 bits per heavy atom. The molecule has 428 valence electrons. The lowest BCUT2D eigenvalue weighted by Crippen LogP contribution is -2.64. The Kier molecular flexibility index (Phi) is 45.8. The molecule has 0 heterocycles. The quantitative estimate of drug-likeness (QED) is 0.0145. The molecule has 0 amide bonds. The molecule has 1 aliphatic rings. The fraction of sp³-hybridized carbons (Fsp3) is 0.864. The van der Waals surface area contributed by atoms with Crippen molar-refractivity contribution in [2.45, 2.75) is 313 Å². The Bertz CT molecular complexity index is 1410. The van der Waals surface area contributed by atoms with Crippen LogP contribution in [0.5, 0.6) is 0 Å². The standard InChI is InChI=1S/C59H109O13P/c1-3-5-7-9-11-13-15-17-19-21-23-25-26-28-30-32-34-36-38-40-42-44-46-48-53(61)71-51(50-70-73(67,68)72-59-57(65)55(63)54(62)56(64)58(59)66)49-69-52(60)47-45-43-41-39-37-35-33-31-29-27-24-22-20-18-16-14-12-10-8-6-4-2/h15,17,21-24,51,54-59,62-66H,3-14,16,18-20,25-50H2,1-2H3,(H,67,68)/b17-15-,23-21-,24-22-. The second-order valence-electron chi connectivity index (χ2n) is 20.8. The highest BCUT2D eigenvalue weighted by atomic mass is 31.2. The maximum atomic E-state index is 12.9. The molecule has 0 bridgehead atoms. The van der Waals surface area contributed by atoms with Gasteiger partial charge in [0.15, 0.2) is 6.10 Å². The highest BCUT2D eigenvalue weighted by Gasteiger charge is 2.51. The molecular weight excluding hydrogens is 948 g/mol. The average molecular weight is 1060 g/mol. The molecule has 0 aromatic heterocycles. The maximum Gasteiger partial charge on any atom is 0.472 e. The van der Waals surface area contributed by atoms with E-state index in [-0.39, 0.29) is 12.8 Å². The SMILES string of the molecule is CCCCCCC/C=C\C/C=C\CCCCCCCCCCCCCC(=O)OC(COC(=O)CCCCCCCCCCC/C=C\CCCCCCCCCC)COP(=O)(O)OC1C(O)C(O)C(O)C(O)C1O. The molecule has 1 rings (SSSR count). The van der Waals surface area contributed by atoms with Crippen LogP contribution < -0.4 is 0 Å². The molecular formula is C59H109O13P. The summed E-state index contributed by atoms with van der Waals surface area (Å²) in [7, 11) is -5.13. The molecule has 0 radical (unpaired) electrons. The van der Waals surface area contributed by atoms with Gasteiger partial charge in [-0.05, 0) is 70.6 Å². The van der Waals surface area contributed by atoms with E-state index in [1.165, 1.54) is 167 Å².